The highest BCUT2D eigenvalue weighted by molar-refractivity contribution is 7.45. The van der Waals surface area contributed by atoms with Gasteiger partial charge in [0.1, 0.15) is 19.3 Å². The number of quaternary nitrogens is 1. The molecule has 10 heteroatoms. The van der Waals surface area contributed by atoms with E-state index in [2.05, 4.69) is 86.8 Å². The van der Waals surface area contributed by atoms with E-state index >= 15 is 0 Å². The lowest BCUT2D eigenvalue weighted by Crippen LogP contribution is -2.47. The Morgan fingerprint density at radius 2 is 0.971 bits per heavy atom. The molecule has 0 aromatic heterocycles. The number of esters is 1. The normalized spacial score (nSPS) is 14.3. The minimum atomic E-state index is -4.70. The summed E-state index contributed by atoms with van der Waals surface area (Å²) < 4.78 is 30.2. The first-order chi connectivity index (χ1) is 33.9. The average Bonchev–Trinajstić information content (AvgIpc) is 3.32. The van der Waals surface area contributed by atoms with Crippen LogP contribution in [0.25, 0.3) is 0 Å². The maximum Gasteiger partial charge on any atom is 0.306 e. The van der Waals surface area contributed by atoms with Gasteiger partial charge in [-0.05, 0) is 83.1 Å². The summed E-state index contributed by atoms with van der Waals surface area (Å²) in [5.74, 6) is -0.565. The lowest BCUT2D eigenvalue weighted by Gasteiger charge is -2.30. The highest BCUT2D eigenvalue weighted by Crippen LogP contribution is 2.38. The van der Waals surface area contributed by atoms with Crippen LogP contribution >= 0.6 is 7.82 Å². The van der Waals surface area contributed by atoms with Crippen molar-refractivity contribution in [1.82, 2.24) is 5.32 Å². The molecule has 0 aliphatic carbocycles. The molecule has 70 heavy (non-hydrogen) atoms. The van der Waals surface area contributed by atoms with Crippen LogP contribution < -0.4 is 10.2 Å². The van der Waals surface area contributed by atoms with E-state index in [-0.39, 0.29) is 24.9 Å². The molecule has 0 rings (SSSR count). The third-order valence-corrected chi connectivity index (χ3v) is 13.4. The molecule has 0 aromatic carbocycles. The third-order valence-electron chi connectivity index (χ3n) is 12.4. The number of carbonyl (C=O) groups is 2. The van der Waals surface area contributed by atoms with Crippen LogP contribution in [-0.2, 0) is 27.9 Å². The fourth-order valence-electron chi connectivity index (χ4n) is 7.96. The number of hydrogen-bond donors (Lipinski definition) is 1. The Morgan fingerprint density at radius 3 is 1.50 bits per heavy atom. The summed E-state index contributed by atoms with van der Waals surface area (Å²) in [4.78, 5) is 39.9. The maximum atomic E-state index is 13.5. The molecule has 0 spiro atoms. The van der Waals surface area contributed by atoms with Crippen LogP contribution in [0, 0.1) is 0 Å². The van der Waals surface area contributed by atoms with Crippen LogP contribution in [0.2, 0.25) is 0 Å². The van der Waals surface area contributed by atoms with E-state index in [1.165, 1.54) is 116 Å². The lowest BCUT2D eigenvalue weighted by atomic mass is 10.0. The molecule has 9 nitrogen and oxygen atoms in total. The molecule has 0 radical (unpaired) electrons. The highest BCUT2D eigenvalue weighted by Gasteiger charge is 2.27. The van der Waals surface area contributed by atoms with E-state index in [0.717, 1.165) is 96.3 Å². The molecule has 0 saturated carbocycles. The summed E-state index contributed by atoms with van der Waals surface area (Å²) >= 11 is 0. The van der Waals surface area contributed by atoms with Crippen molar-refractivity contribution in [2.24, 2.45) is 0 Å². The average molecular weight is 1000 g/mol. The highest BCUT2D eigenvalue weighted by atomic mass is 31.2. The molecule has 0 heterocycles. The first-order valence-corrected chi connectivity index (χ1v) is 30.2. The molecule has 3 atom stereocenters. The Kier molecular flexibility index (Phi) is 48.2. The summed E-state index contributed by atoms with van der Waals surface area (Å²) in [7, 11) is 1.16. The minimum absolute atomic E-state index is 0.0287. The summed E-state index contributed by atoms with van der Waals surface area (Å²) in [5.41, 5.74) is 0. The van der Waals surface area contributed by atoms with E-state index in [4.69, 9.17) is 13.8 Å². The standard InChI is InChI=1S/C60H109N2O7P/c1-7-10-13-16-19-22-25-28-30-31-33-35-38-41-44-47-50-53-60(64)69-58(51-48-45-42-39-36-27-24-21-18-15-12-9-3)57(56-68-70(65,66)67-55-54-62(4,5)6)61-59(63)52-49-46-43-40-37-34-32-29-26-23-20-17-14-11-8-2/h11,14,17,19-20,22-23,26,28,30,48,51,57-58H,7-10,12-13,15-16,18,21,24-25,27,29,31-47,49-50,52-56H2,1-6H3,(H-,61,63,65,66)/b14-11+,20-17+,22-19-,26-23+,30-28-,51-48+. The van der Waals surface area contributed by atoms with Gasteiger partial charge >= 0.3 is 5.97 Å². The Balaban J connectivity index is 5.37. The van der Waals surface area contributed by atoms with E-state index in [0.29, 0.717) is 17.4 Å². The van der Waals surface area contributed by atoms with Gasteiger partial charge in [0.2, 0.25) is 5.91 Å². The van der Waals surface area contributed by atoms with Gasteiger partial charge in [0, 0.05) is 12.8 Å². The number of hydrogen-bond acceptors (Lipinski definition) is 7. The predicted molar refractivity (Wildman–Crippen MR) is 298 cm³/mol. The first kappa shape index (κ1) is 67.5. The molecular weight excluding hydrogens is 892 g/mol. The van der Waals surface area contributed by atoms with Crippen LogP contribution in [0.15, 0.2) is 72.9 Å². The number of carbonyl (C=O) groups excluding carboxylic acids is 2. The van der Waals surface area contributed by atoms with Crippen molar-refractivity contribution in [2.45, 2.75) is 258 Å². The van der Waals surface area contributed by atoms with Crippen molar-refractivity contribution in [3.8, 4) is 0 Å². The summed E-state index contributed by atoms with van der Waals surface area (Å²) in [5, 5.41) is 3.01. The van der Waals surface area contributed by atoms with Gasteiger partial charge in [0.15, 0.2) is 0 Å². The second kappa shape index (κ2) is 50.0. The van der Waals surface area contributed by atoms with Gasteiger partial charge in [-0.1, -0.05) is 222 Å². The van der Waals surface area contributed by atoms with Gasteiger partial charge in [-0.15, -0.1) is 0 Å². The fraction of sp³-hybridized carbons (Fsp3) is 0.767. The number of ether oxygens (including phenoxy) is 1. The van der Waals surface area contributed by atoms with Crippen molar-refractivity contribution in [3.63, 3.8) is 0 Å². The van der Waals surface area contributed by atoms with E-state index in [1.54, 1.807) is 0 Å². The molecule has 0 fully saturated rings. The number of likely N-dealkylation sites (N-methyl/N-ethyl adjacent to an activating group) is 1. The summed E-state index contributed by atoms with van der Waals surface area (Å²) in [6.45, 7) is 6.66. The zero-order chi connectivity index (χ0) is 51.5. The predicted octanol–water partition coefficient (Wildman–Crippen LogP) is 16.6. The smallest absolute Gasteiger partial charge is 0.306 e. The number of phosphoric ester groups is 1. The van der Waals surface area contributed by atoms with Crippen molar-refractivity contribution in [3.05, 3.63) is 72.9 Å². The Hall–Kier alpha value is -2.55. The largest absolute Gasteiger partial charge is 0.756 e. The quantitative estimate of drug-likeness (QED) is 0.0161. The Bertz CT molecular complexity index is 1430. The summed E-state index contributed by atoms with van der Waals surface area (Å²) in [6, 6.07) is -0.899. The second-order valence-electron chi connectivity index (χ2n) is 20.5. The van der Waals surface area contributed by atoms with Gasteiger partial charge in [-0.25, -0.2) is 0 Å². The van der Waals surface area contributed by atoms with Crippen molar-refractivity contribution in [1.29, 1.82) is 0 Å². The Morgan fingerprint density at radius 1 is 0.529 bits per heavy atom. The number of amides is 1. The molecule has 1 amide bonds. The molecule has 1 N–H and O–H groups in total. The number of nitrogens with zero attached hydrogens (tertiary/aromatic N) is 1. The molecule has 406 valence electrons. The van der Waals surface area contributed by atoms with Gasteiger partial charge in [-0.2, -0.15) is 0 Å². The lowest BCUT2D eigenvalue weighted by molar-refractivity contribution is -0.870. The topological polar surface area (TPSA) is 114 Å². The SMILES string of the molecule is CC/C=C/C=C/C=C/CCCCCCCCCC(=O)NC(COP(=O)([O-])OCC[N+](C)(C)C)C(/C=C/CCCCCCCCCCCC)OC(=O)CCCCCCCCC/C=C\C/C=C\CCCCC. The number of allylic oxidation sites excluding steroid dienone is 11. The van der Waals surface area contributed by atoms with E-state index in [1.807, 2.05) is 33.3 Å². The van der Waals surface area contributed by atoms with Gasteiger partial charge < -0.3 is 28.5 Å². The fourth-order valence-corrected chi connectivity index (χ4v) is 8.69. The molecule has 0 bridgehead atoms. The molecule has 0 aliphatic heterocycles. The van der Waals surface area contributed by atoms with Gasteiger partial charge in [0.25, 0.3) is 7.82 Å². The number of rotatable bonds is 51. The van der Waals surface area contributed by atoms with Crippen LogP contribution in [0.3, 0.4) is 0 Å². The summed E-state index contributed by atoms with van der Waals surface area (Å²) in [6.07, 6.45) is 62.9. The van der Waals surface area contributed by atoms with Crippen molar-refractivity contribution >= 4 is 19.7 Å². The second-order valence-corrected chi connectivity index (χ2v) is 21.9. The minimum Gasteiger partial charge on any atom is -0.756 e. The van der Waals surface area contributed by atoms with E-state index in [9.17, 15) is 19.0 Å². The van der Waals surface area contributed by atoms with Gasteiger partial charge in [0.05, 0.1) is 33.8 Å². The van der Waals surface area contributed by atoms with Crippen LogP contribution in [-0.4, -0.2) is 69.4 Å². The van der Waals surface area contributed by atoms with Gasteiger partial charge in [-0.3, -0.25) is 14.2 Å². The van der Waals surface area contributed by atoms with Crippen molar-refractivity contribution in [2.75, 3.05) is 40.9 Å². The Labute approximate surface area is 432 Å². The number of phosphoric acid groups is 1. The number of unbranched alkanes of at least 4 members (excludes halogenated alkanes) is 27. The maximum absolute atomic E-state index is 13.5. The van der Waals surface area contributed by atoms with Crippen molar-refractivity contribution < 1.29 is 37.3 Å². The number of nitrogens with one attached hydrogen (secondary N) is 1. The monoisotopic (exact) mass is 1000 g/mol. The van der Waals surface area contributed by atoms with Crippen LogP contribution in [0.5, 0.6) is 0 Å². The first-order valence-electron chi connectivity index (χ1n) is 28.8. The third kappa shape index (κ3) is 50.4. The van der Waals surface area contributed by atoms with Crippen LogP contribution in [0.1, 0.15) is 245 Å². The zero-order valence-corrected chi connectivity index (χ0v) is 47.1. The molecular formula is C60H109N2O7P. The zero-order valence-electron chi connectivity index (χ0n) is 46.2. The molecule has 0 aliphatic rings. The molecule has 0 saturated heterocycles. The van der Waals surface area contributed by atoms with Crippen LogP contribution in [0.4, 0.5) is 0 Å². The molecule has 3 unspecified atom stereocenters. The molecule has 0 aromatic rings. The van der Waals surface area contributed by atoms with E-state index < -0.39 is 26.6 Å².